The number of halogens is 5. The molecule has 0 aliphatic carbocycles. The number of alkyl halides is 3. The number of aromatic nitrogens is 1. The molecule has 9 heteroatoms. The average Bonchev–Trinajstić information content (AvgIpc) is 2.39. The van der Waals surface area contributed by atoms with E-state index in [4.69, 9.17) is 28.3 Å². The van der Waals surface area contributed by atoms with Crippen molar-refractivity contribution in [2.45, 2.75) is 12.3 Å². The maximum absolute atomic E-state index is 12.3. The van der Waals surface area contributed by atoms with E-state index >= 15 is 0 Å². The summed E-state index contributed by atoms with van der Waals surface area (Å²) in [6, 6.07) is 0. The molecule has 1 unspecified atom stereocenters. The van der Waals surface area contributed by atoms with Crippen molar-refractivity contribution in [2.24, 2.45) is 0 Å². The van der Waals surface area contributed by atoms with Crippen LogP contribution in [0.3, 0.4) is 0 Å². The largest absolute Gasteiger partial charge is 0.415 e. The lowest BCUT2D eigenvalue weighted by molar-refractivity contribution is -0.208. The zero-order valence-corrected chi connectivity index (χ0v) is 12.5. The summed E-state index contributed by atoms with van der Waals surface area (Å²) in [6.45, 7) is 1.32. The zero-order valence-electron chi connectivity index (χ0n) is 10.9. The minimum absolute atomic E-state index is 0.391. The highest BCUT2D eigenvalue weighted by Crippen LogP contribution is 2.33. The third-order valence-electron chi connectivity index (χ3n) is 3.33. The predicted molar refractivity (Wildman–Crippen MR) is 75.0 cm³/mol. The van der Waals surface area contributed by atoms with Gasteiger partial charge in [-0.2, -0.15) is 13.2 Å². The van der Waals surface area contributed by atoms with E-state index in [0.717, 1.165) is 0 Å². The van der Waals surface area contributed by atoms with Gasteiger partial charge in [0.25, 0.3) is 0 Å². The highest BCUT2D eigenvalue weighted by molar-refractivity contribution is 6.38. The fourth-order valence-corrected chi connectivity index (χ4v) is 2.81. The molecule has 1 aliphatic heterocycles. The van der Waals surface area contributed by atoms with E-state index in [-0.39, 0.29) is 0 Å². The van der Waals surface area contributed by atoms with Crippen molar-refractivity contribution in [3.63, 3.8) is 0 Å². The minimum atomic E-state index is -4.59. The Morgan fingerprint density at radius 2 is 1.67 bits per heavy atom. The molecular weight excluding hydrogens is 330 g/mol. The molecule has 0 amide bonds. The van der Waals surface area contributed by atoms with Gasteiger partial charge in [-0.05, 0) is 0 Å². The molecule has 0 aromatic carbocycles. The number of anilines is 1. The summed E-state index contributed by atoms with van der Waals surface area (Å²) in [4.78, 5) is 7.33. The van der Waals surface area contributed by atoms with Crippen LogP contribution in [0.25, 0.3) is 0 Å². The highest BCUT2D eigenvalue weighted by atomic mass is 35.5. The number of β-amino-alcohol motifs (C(OH)–C–C–N with tert-alkyl or cyclic N) is 1. The number of rotatable bonds is 3. The van der Waals surface area contributed by atoms with Gasteiger partial charge in [0.05, 0.1) is 15.7 Å². The molecule has 1 fully saturated rings. The van der Waals surface area contributed by atoms with E-state index in [1.165, 1.54) is 12.4 Å². The molecule has 0 radical (unpaired) electrons. The molecule has 118 valence electrons. The van der Waals surface area contributed by atoms with Crippen molar-refractivity contribution in [1.82, 2.24) is 9.88 Å². The first-order valence-electron chi connectivity index (χ1n) is 6.30. The summed E-state index contributed by atoms with van der Waals surface area (Å²) in [5.41, 5.74) is 0.643. The van der Waals surface area contributed by atoms with Gasteiger partial charge in [-0.15, -0.1) is 0 Å². The summed E-state index contributed by atoms with van der Waals surface area (Å²) in [5, 5.41) is 9.90. The van der Waals surface area contributed by atoms with Crippen LogP contribution >= 0.6 is 23.2 Å². The highest BCUT2D eigenvalue weighted by Gasteiger charge is 2.39. The minimum Gasteiger partial charge on any atom is -0.382 e. The summed E-state index contributed by atoms with van der Waals surface area (Å²) in [5.74, 6) is 0. The third kappa shape index (κ3) is 4.12. The molecule has 1 aliphatic rings. The molecule has 2 heterocycles. The number of aliphatic hydroxyl groups excluding tert-OH is 1. The van der Waals surface area contributed by atoms with Crippen LogP contribution in [0.2, 0.25) is 10.0 Å². The Morgan fingerprint density at radius 1 is 1.14 bits per heavy atom. The molecule has 0 saturated carbocycles. The second-order valence-electron chi connectivity index (χ2n) is 4.80. The van der Waals surface area contributed by atoms with Crippen LogP contribution in [-0.4, -0.2) is 60.0 Å². The van der Waals surface area contributed by atoms with Crippen LogP contribution in [-0.2, 0) is 0 Å². The summed E-state index contributed by atoms with van der Waals surface area (Å²) >= 11 is 12.1. The number of hydrogen-bond acceptors (Lipinski definition) is 4. The Labute approximate surface area is 130 Å². The van der Waals surface area contributed by atoms with E-state index < -0.39 is 18.8 Å². The molecule has 1 aromatic rings. The quantitative estimate of drug-likeness (QED) is 0.914. The molecule has 1 saturated heterocycles. The molecule has 1 atom stereocenters. The average molecular weight is 344 g/mol. The lowest BCUT2D eigenvalue weighted by Crippen LogP contribution is -2.50. The van der Waals surface area contributed by atoms with Gasteiger partial charge < -0.3 is 10.0 Å². The van der Waals surface area contributed by atoms with Crippen molar-refractivity contribution >= 4 is 28.9 Å². The Kier molecular flexibility index (Phi) is 5.19. The van der Waals surface area contributed by atoms with Crippen molar-refractivity contribution in [2.75, 3.05) is 37.6 Å². The van der Waals surface area contributed by atoms with Crippen molar-refractivity contribution in [1.29, 1.82) is 0 Å². The monoisotopic (exact) mass is 343 g/mol. The van der Waals surface area contributed by atoms with Crippen LogP contribution in [0.5, 0.6) is 0 Å². The maximum atomic E-state index is 12.3. The first kappa shape index (κ1) is 16.6. The summed E-state index contributed by atoms with van der Waals surface area (Å²) in [6.07, 6.45) is -3.96. The predicted octanol–water partition coefficient (Wildman–Crippen LogP) is 2.43. The van der Waals surface area contributed by atoms with Crippen molar-refractivity contribution in [3.8, 4) is 0 Å². The third-order valence-corrected chi connectivity index (χ3v) is 3.88. The number of hydrogen-bond donors (Lipinski definition) is 1. The fourth-order valence-electron chi connectivity index (χ4n) is 2.21. The van der Waals surface area contributed by atoms with E-state index in [2.05, 4.69) is 4.98 Å². The van der Waals surface area contributed by atoms with Gasteiger partial charge >= 0.3 is 6.18 Å². The number of nitrogens with zero attached hydrogens (tertiary/aromatic N) is 3. The maximum Gasteiger partial charge on any atom is 0.415 e. The Balaban J connectivity index is 1.95. The Hall–Kier alpha value is -0.760. The molecule has 0 bridgehead atoms. The van der Waals surface area contributed by atoms with Crippen LogP contribution in [0, 0.1) is 0 Å². The van der Waals surface area contributed by atoms with Gasteiger partial charge in [0.1, 0.15) is 0 Å². The van der Waals surface area contributed by atoms with Gasteiger partial charge in [0.15, 0.2) is 6.10 Å². The Morgan fingerprint density at radius 3 is 2.14 bits per heavy atom. The zero-order chi connectivity index (χ0) is 15.6. The molecular formula is C12H14Cl2F3N3O. The fraction of sp³-hybridized carbons (Fsp3) is 0.583. The molecule has 0 spiro atoms. The van der Waals surface area contributed by atoms with Gasteiger partial charge in [-0.25, -0.2) is 0 Å². The molecule has 2 rings (SSSR count). The van der Waals surface area contributed by atoms with Gasteiger partial charge in [0, 0.05) is 45.1 Å². The summed E-state index contributed by atoms with van der Waals surface area (Å²) < 4.78 is 37.0. The standard InChI is InChI=1S/C12H14Cl2F3N3O/c13-8-5-18-6-9(14)11(8)20-3-1-19(2-4-20)7-10(21)12(15,16)17/h5-6,10,21H,1-4,7H2. The molecule has 1 N–H and O–H groups in total. The molecule has 21 heavy (non-hydrogen) atoms. The lowest BCUT2D eigenvalue weighted by Gasteiger charge is -2.37. The normalized spacial score (nSPS) is 18.9. The van der Waals surface area contributed by atoms with Gasteiger partial charge in [0.2, 0.25) is 0 Å². The molecule has 1 aromatic heterocycles. The van der Waals surface area contributed by atoms with Crippen LogP contribution < -0.4 is 4.90 Å². The number of pyridine rings is 1. The Bertz CT molecular complexity index is 473. The summed E-state index contributed by atoms with van der Waals surface area (Å²) in [7, 11) is 0. The first-order valence-corrected chi connectivity index (χ1v) is 7.05. The van der Waals surface area contributed by atoms with E-state index in [9.17, 15) is 13.2 Å². The second kappa shape index (κ2) is 6.56. The topological polar surface area (TPSA) is 39.6 Å². The first-order chi connectivity index (χ1) is 9.79. The number of piperazine rings is 1. The van der Waals surface area contributed by atoms with Crippen molar-refractivity contribution in [3.05, 3.63) is 22.4 Å². The van der Waals surface area contributed by atoms with Crippen LogP contribution in [0.15, 0.2) is 12.4 Å². The van der Waals surface area contributed by atoms with Crippen LogP contribution in [0.1, 0.15) is 0 Å². The van der Waals surface area contributed by atoms with E-state index in [1.54, 1.807) is 4.90 Å². The lowest BCUT2D eigenvalue weighted by atomic mass is 10.2. The van der Waals surface area contributed by atoms with Crippen molar-refractivity contribution < 1.29 is 18.3 Å². The SMILES string of the molecule is OC(CN1CCN(c2c(Cl)cncc2Cl)CC1)C(F)(F)F. The second-order valence-corrected chi connectivity index (χ2v) is 5.61. The van der Waals surface area contributed by atoms with E-state index in [1.807, 2.05) is 4.90 Å². The van der Waals surface area contributed by atoms with Crippen LogP contribution in [0.4, 0.5) is 18.9 Å². The number of aliphatic hydroxyl groups is 1. The molecule has 4 nitrogen and oxygen atoms in total. The van der Waals surface area contributed by atoms with Gasteiger partial charge in [-0.1, -0.05) is 23.2 Å². The smallest absolute Gasteiger partial charge is 0.382 e. The van der Waals surface area contributed by atoms with Gasteiger partial charge in [-0.3, -0.25) is 9.88 Å². The van der Waals surface area contributed by atoms with E-state index in [0.29, 0.717) is 41.9 Å².